The third-order valence-corrected chi connectivity index (χ3v) is 2.78. The van der Waals surface area contributed by atoms with Crippen molar-refractivity contribution < 1.29 is 9.13 Å². The molecule has 0 unspecified atom stereocenters. The van der Waals surface area contributed by atoms with Crippen LogP contribution in [0.15, 0.2) is 23.2 Å². The van der Waals surface area contributed by atoms with Crippen LogP contribution in [0.5, 0.6) is 0 Å². The number of guanidine groups is 1. The summed E-state index contributed by atoms with van der Waals surface area (Å²) in [4.78, 5) is 4.41. The van der Waals surface area contributed by atoms with Gasteiger partial charge in [-0.25, -0.2) is 9.38 Å². The SMILES string of the molecule is CCNC(=NCc1ccc(F)c(Cl)c1)NCCOCC. The number of rotatable bonds is 7. The molecule has 0 amide bonds. The van der Waals surface area contributed by atoms with Gasteiger partial charge in [-0.3, -0.25) is 0 Å². The zero-order valence-corrected chi connectivity index (χ0v) is 12.6. The molecule has 1 rings (SSSR count). The van der Waals surface area contributed by atoms with E-state index in [9.17, 15) is 4.39 Å². The standard InChI is InChI=1S/C14H21ClFN3O/c1-3-17-14(18-7-8-20-4-2)19-10-11-5-6-13(16)12(15)9-11/h5-6,9H,3-4,7-8,10H2,1-2H3,(H2,17,18,19). The minimum absolute atomic E-state index is 0.118. The third-order valence-electron chi connectivity index (χ3n) is 2.49. The van der Waals surface area contributed by atoms with Gasteiger partial charge in [-0.1, -0.05) is 17.7 Å². The highest BCUT2D eigenvalue weighted by Crippen LogP contribution is 2.16. The molecule has 20 heavy (non-hydrogen) atoms. The second-order valence-corrected chi connectivity index (χ2v) is 4.47. The summed E-state index contributed by atoms with van der Waals surface area (Å²) in [5, 5.41) is 6.41. The second-order valence-electron chi connectivity index (χ2n) is 4.07. The number of nitrogens with zero attached hydrogens (tertiary/aromatic N) is 1. The predicted molar refractivity (Wildman–Crippen MR) is 80.7 cm³/mol. The van der Waals surface area contributed by atoms with Crippen LogP contribution in [-0.4, -0.2) is 32.3 Å². The van der Waals surface area contributed by atoms with Crippen LogP contribution in [0, 0.1) is 5.82 Å². The zero-order chi connectivity index (χ0) is 14.8. The number of halogens is 2. The predicted octanol–water partition coefficient (Wildman–Crippen LogP) is 2.57. The molecule has 0 aliphatic heterocycles. The van der Waals surface area contributed by atoms with Gasteiger partial charge >= 0.3 is 0 Å². The molecular formula is C14H21ClFN3O. The summed E-state index contributed by atoms with van der Waals surface area (Å²) in [7, 11) is 0. The van der Waals surface area contributed by atoms with Gasteiger partial charge in [-0.05, 0) is 31.5 Å². The van der Waals surface area contributed by atoms with Crippen LogP contribution in [0.2, 0.25) is 5.02 Å². The molecule has 0 bridgehead atoms. The first kappa shape index (κ1) is 16.7. The van der Waals surface area contributed by atoms with E-state index >= 15 is 0 Å². The Hall–Kier alpha value is -1.33. The molecule has 0 heterocycles. The molecule has 0 fully saturated rings. The highest BCUT2D eigenvalue weighted by molar-refractivity contribution is 6.30. The molecule has 0 aliphatic carbocycles. The molecule has 0 radical (unpaired) electrons. The lowest BCUT2D eigenvalue weighted by Crippen LogP contribution is -2.39. The lowest BCUT2D eigenvalue weighted by atomic mass is 10.2. The van der Waals surface area contributed by atoms with Gasteiger partial charge in [0.05, 0.1) is 18.2 Å². The average molecular weight is 302 g/mol. The number of hydrogen-bond donors (Lipinski definition) is 2. The van der Waals surface area contributed by atoms with E-state index in [-0.39, 0.29) is 5.02 Å². The van der Waals surface area contributed by atoms with Crippen LogP contribution in [0.4, 0.5) is 4.39 Å². The molecule has 1 aromatic rings. The van der Waals surface area contributed by atoms with E-state index in [0.29, 0.717) is 32.3 Å². The fourth-order valence-electron chi connectivity index (χ4n) is 1.54. The molecule has 0 saturated heterocycles. The molecule has 6 heteroatoms. The van der Waals surface area contributed by atoms with Crippen molar-refractivity contribution in [2.45, 2.75) is 20.4 Å². The maximum absolute atomic E-state index is 13.1. The Labute approximate surface area is 124 Å². The molecule has 0 spiro atoms. The van der Waals surface area contributed by atoms with E-state index < -0.39 is 5.82 Å². The van der Waals surface area contributed by atoms with Crippen molar-refractivity contribution in [3.8, 4) is 0 Å². The van der Waals surface area contributed by atoms with Gasteiger partial charge in [-0.15, -0.1) is 0 Å². The third kappa shape index (κ3) is 6.21. The maximum Gasteiger partial charge on any atom is 0.191 e. The van der Waals surface area contributed by atoms with E-state index in [1.807, 2.05) is 13.8 Å². The average Bonchev–Trinajstić information content (AvgIpc) is 2.44. The Bertz CT molecular complexity index is 440. The first-order valence-corrected chi connectivity index (χ1v) is 7.09. The van der Waals surface area contributed by atoms with Gasteiger partial charge in [0.15, 0.2) is 5.96 Å². The van der Waals surface area contributed by atoms with Gasteiger partial charge in [0.2, 0.25) is 0 Å². The van der Waals surface area contributed by atoms with E-state index in [1.54, 1.807) is 12.1 Å². The summed E-state index contributed by atoms with van der Waals surface area (Å²) >= 11 is 5.74. The minimum atomic E-state index is -0.416. The van der Waals surface area contributed by atoms with Crippen molar-refractivity contribution in [1.29, 1.82) is 0 Å². The van der Waals surface area contributed by atoms with Crippen LogP contribution >= 0.6 is 11.6 Å². The number of hydrogen-bond acceptors (Lipinski definition) is 2. The van der Waals surface area contributed by atoms with E-state index in [4.69, 9.17) is 16.3 Å². The van der Waals surface area contributed by atoms with E-state index in [0.717, 1.165) is 12.1 Å². The summed E-state index contributed by atoms with van der Waals surface area (Å²) in [5.74, 6) is 0.286. The van der Waals surface area contributed by atoms with Crippen molar-refractivity contribution in [2.75, 3.05) is 26.3 Å². The Morgan fingerprint density at radius 2 is 2.15 bits per heavy atom. The summed E-state index contributed by atoms with van der Waals surface area (Å²) in [5.41, 5.74) is 0.860. The van der Waals surface area contributed by atoms with Crippen LogP contribution < -0.4 is 10.6 Å². The molecule has 0 saturated carbocycles. The largest absolute Gasteiger partial charge is 0.380 e. The van der Waals surface area contributed by atoms with Crippen molar-refractivity contribution in [2.24, 2.45) is 4.99 Å². The Morgan fingerprint density at radius 3 is 2.80 bits per heavy atom. The minimum Gasteiger partial charge on any atom is -0.380 e. The molecule has 4 nitrogen and oxygen atoms in total. The maximum atomic E-state index is 13.1. The number of ether oxygens (including phenoxy) is 1. The number of nitrogens with one attached hydrogen (secondary N) is 2. The number of benzene rings is 1. The molecule has 112 valence electrons. The molecule has 1 aromatic carbocycles. The van der Waals surface area contributed by atoms with E-state index in [1.165, 1.54) is 6.07 Å². The van der Waals surface area contributed by atoms with Crippen LogP contribution in [0.3, 0.4) is 0 Å². The van der Waals surface area contributed by atoms with Crippen molar-refractivity contribution in [3.05, 3.63) is 34.6 Å². The van der Waals surface area contributed by atoms with Crippen molar-refractivity contribution >= 4 is 17.6 Å². The highest BCUT2D eigenvalue weighted by Gasteiger charge is 2.01. The fourth-order valence-corrected chi connectivity index (χ4v) is 1.74. The lowest BCUT2D eigenvalue weighted by molar-refractivity contribution is 0.152. The highest BCUT2D eigenvalue weighted by atomic mass is 35.5. The Morgan fingerprint density at radius 1 is 1.35 bits per heavy atom. The fraction of sp³-hybridized carbons (Fsp3) is 0.500. The second kappa shape index (κ2) is 9.55. The smallest absolute Gasteiger partial charge is 0.191 e. The van der Waals surface area contributed by atoms with Gasteiger partial charge in [0.1, 0.15) is 5.82 Å². The van der Waals surface area contributed by atoms with Gasteiger partial charge in [-0.2, -0.15) is 0 Å². The molecule has 0 aliphatic rings. The summed E-state index contributed by atoms with van der Waals surface area (Å²) < 4.78 is 18.3. The van der Waals surface area contributed by atoms with E-state index in [2.05, 4.69) is 15.6 Å². The summed E-state index contributed by atoms with van der Waals surface area (Å²) in [6.45, 7) is 7.16. The molecular weight excluding hydrogens is 281 g/mol. The summed E-state index contributed by atoms with van der Waals surface area (Å²) in [6.07, 6.45) is 0. The van der Waals surface area contributed by atoms with Gasteiger partial charge in [0.25, 0.3) is 0 Å². The van der Waals surface area contributed by atoms with Crippen LogP contribution in [0.1, 0.15) is 19.4 Å². The van der Waals surface area contributed by atoms with Crippen LogP contribution in [-0.2, 0) is 11.3 Å². The van der Waals surface area contributed by atoms with Gasteiger partial charge < -0.3 is 15.4 Å². The zero-order valence-electron chi connectivity index (χ0n) is 11.9. The Balaban J connectivity index is 2.54. The quantitative estimate of drug-likeness (QED) is 0.462. The normalized spacial score (nSPS) is 11.5. The molecule has 2 N–H and O–H groups in total. The molecule has 0 aromatic heterocycles. The Kier molecular flexibility index (Phi) is 7.99. The van der Waals surface area contributed by atoms with Gasteiger partial charge in [0, 0.05) is 19.7 Å². The van der Waals surface area contributed by atoms with Crippen molar-refractivity contribution in [1.82, 2.24) is 10.6 Å². The van der Waals surface area contributed by atoms with Crippen molar-refractivity contribution in [3.63, 3.8) is 0 Å². The summed E-state index contributed by atoms with van der Waals surface area (Å²) in [6, 6.07) is 4.61. The first-order valence-electron chi connectivity index (χ1n) is 6.71. The monoisotopic (exact) mass is 301 g/mol. The van der Waals surface area contributed by atoms with Crippen LogP contribution in [0.25, 0.3) is 0 Å². The lowest BCUT2D eigenvalue weighted by Gasteiger charge is -2.11. The molecule has 0 atom stereocenters. The topological polar surface area (TPSA) is 45.7 Å². The first-order chi connectivity index (χ1) is 9.67. The number of aliphatic imine (C=N–C) groups is 1.